The number of rotatable bonds is 4. The molecule has 2 amide bonds. The summed E-state index contributed by atoms with van der Waals surface area (Å²) in [7, 11) is 0. The van der Waals surface area contributed by atoms with Gasteiger partial charge in [0.05, 0.1) is 11.5 Å². The van der Waals surface area contributed by atoms with Crippen LogP contribution in [0.25, 0.3) is 0 Å². The van der Waals surface area contributed by atoms with Gasteiger partial charge in [0, 0.05) is 6.07 Å². The van der Waals surface area contributed by atoms with E-state index in [9.17, 15) is 24.8 Å². The van der Waals surface area contributed by atoms with Crippen molar-refractivity contribution in [3.05, 3.63) is 69.3 Å². The van der Waals surface area contributed by atoms with Crippen molar-refractivity contribution in [3.63, 3.8) is 0 Å². The normalized spacial score (nSPS) is 17.9. The topological polar surface area (TPSA) is 122 Å². The van der Waals surface area contributed by atoms with E-state index < -0.39 is 22.3 Å². The predicted octanol–water partition coefficient (Wildman–Crippen LogP) is 1.79. The summed E-state index contributed by atoms with van der Waals surface area (Å²) >= 11 is 0. The number of hydrogen-bond acceptors (Lipinski definition) is 5. The number of carbonyl (C=O) groups excluding carboxylic acids is 2. The van der Waals surface area contributed by atoms with Crippen LogP contribution >= 0.6 is 0 Å². The van der Waals surface area contributed by atoms with Crippen LogP contribution < -0.4 is 10.6 Å². The first-order chi connectivity index (χ1) is 12.8. The van der Waals surface area contributed by atoms with Crippen molar-refractivity contribution < 1.29 is 19.6 Å². The van der Waals surface area contributed by atoms with Gasteiger partial charge in [-0.05, 0) is 42.5 Å². The highest BCUT2D eigenvalue weighted by Gasteiger charge is 2.37. The first-order valence-electron chi connectivity index (χ1n) is 8.45. The first kappa shape index (κ1) is 18.5. The fourth-order valence-corrected chi connectivity index (χ4v) is 3.24. The Labute approximate surface area is 155 Å². The molecule has 3 rings (SSSR count). The summed E-state index contributed by atoms with van der Waals surface area (Å²) in [6.45, 7) is 1.57. The average Bonchev–Trinajstić information content (AvgIpc) is 2.98. The number of nitrogens with one attached hydrogen (secondary N) is 2. The molecule has 0 spiro atoms. The SMILES string of the molecule is Cc1ccc(NC(=O)C(=O)NCC2(O)CCc3ccccc32)c([N+](=O)[O-])c1. The number of nitrogens with zero attached hydrogens (tertiary/aromatic N) is 1. The summed E-state index contributed by atoms with van der Waals surface area (Å²) in [5.41, 5.74) is 0.817. The fourth-order valence-electron chi connectivity index (χ4n) is 3.24. The lowest BCUT2D eigenvalue weighted by atomic mass is 9.96. The van der Waals surface area contributed by atoms with Crippen LogP contribution in [0.4, 0.5) is 11.4 Å². The van der Waals surface area contributed by atoms with Gasteiger partial charge in [-0.2, -0.15) is 0 Å². The third kappa shape index (κ3) is 3.80. The fraction of sp³-hybridized carbons (Fsp3) is 0.263. The van der Waals surface area contributed by atoms with Gasteiger partial charge in [-0.3, -0.25) is 19.7 Å². The Morgan fingerprint density at radius 3 is 2.70 bits per heavy atom. The zero-order valence-corrected chi connectivity index (χ0v) is 14.7. The zero-order chi connectivity index (χ0) is 19.6. The van der Waals surface area contributed by atoms with Crippen molar-refractivity contribution in [2.75, 3.05) is 11.9 Å². The number of amides is 2. The van der Waals surface area contributed by atoms with E-state index in [4.69, 9.17) is 0 Å². The van der Waals surface area contributed by atoms with Crippen LogP contribution in [-0.4, -0.2) is 28.4 Å². The molecular weight excluding hydrogens is 350 g/mol. The van der Waals surface area contributed by atoms with Crippen molar-refractivity contribution in [2.45, 2.75) is 25.4 Å². The second-order valence-corrected chi connectivity index (χ2v) is 6.60. The monoisotopic (exact) mass is 369 g/mol. The number of hydrogen-bond donors (Lipinski definition) is 3. The summed E-state index contributed by atoms with van der Waals surface area (Å²) in [4.78, 5) is 34.7. The minimum atomic E-state index is -1.23. The van der Waals surface area contributed by atoms with E-state index in [1.54, 1.807) is 25.1 Å². The molecule has 0 saturated heterocycles. The van der Waals surface area contributed by atoms with Crippen LogP contribution in [-0.2, 0) is 21.6 Å². The number of fused-ring (bicyclic) bond motifs is 1. The van der Waals surface area contributed by atoms with Gasteiger partial charge in [0.25, 0.3) is 5.69 Å². The molecule has 1 atom stereocenters. The molecule has 0 aromatic heterocycles. The van der Waals surface area contributed by atoms with Gasteiger partial charge in [-0.1, -0.05) is 30.3 Å². The Hall–Kier alpha value is -3.26. The molecule has 27 heavy (non-hydrogen) atoms. The summed E-state index contributed by atoms with van der Waals surface area (Å²) in [6.07, 6.45) is 1.13. The molecule has 0 heterocycles. The van der Waals surface area contributed by atoms with E-state index in [1.165, 1.54) is 12.1 Å². The molecule has 140 valence electrons. The molecule has 1 aliphatic carbocycles. The Morgan fingerprint density at radius 2 is 1.96 bits per heavy atom. The number of aliphatic hydroxyl groups is 1. The van der Waals surface area contributed by atoms with Crippen molar-refractivity contribution in [2.24, 2.45) is 0 Å². The van der Waals surface area contributed by atoms with Crippen LogP contribution in [0.5, 0.6) is 0 Å². The molecule has 3 N–H and O–H groups in total. The number of nitro benzene ring substituents is 1. The van der Waals surface area contributed by atoms with Crippen molar-refractivity contribution in [1.29, 1.82) is 0 Å². The summed E-state index contributed by atoms with van der Waals surface area (Å²) < 4.78 is 0. The quantitative estimate of drug-likeness (QED) is 0.431. The molecular formula is C19H19N3O5. The van der Waals surface area contributed by atoms with Crippen molar-refractivity contribution >= 4 is 23.2 Å². The number of aryl methyl sites for hydroxylation is 2. The number of benzene rings is 2. The van der Waals surface area contributed by atoms with Crippen molar-refractivity contribution in [1.82, 2.24) is 5.32 Å². The van der Waals surface area contributed by atoms with Crippen LogP contribution in [0.2, 0.25) is 0 Å². The van der Waals surface area contributed by atoms with Crippen LogP contribution in [0.1, 0.15) is 23.1 Å². The van der Waals surface area contributed by atoms with Crippen LogP contribution in [0.15, 0.2) is 42.5 Å². The minimum Gasteiger partial charge on any atom is -0.383 e. The van der Waals surface area contributed by atoms with Gasteiger partial charge >= 0.3 is 11.8 Å². The van der Waals surface area contributed by atoms with Crippen LogP contribution in [0.3, 0.4) is 0 Å². The Kier molecular flexibility index (Phi) is 4.91. The average molecular weight is 369 g/mol. The maximum absolute atomic E-state index is 12.1. The third-order valence-corrected chi connectivity index (χ3v) is 4.67. The molecule has 1 unspecified atom stereocenters. The van der Waals surface area contributed by atoms with Gasteiger partial charge in [0.15, 0.2) is 0 Å². The van der Waals surface area contributed by atoms with Crippen LogP contribution in [0, 0.1) is 17.0 Å². The number of carbonyl (C=O) groups is 2. The van der Waals surface area contributed by atoms with Gasteiger partial charge in [0.2, 0.25) is 0 Å². The molecule has 8 nitrogen and oxygen atoms in total. The second kappa shape index (κ2) is 7.16. The molecule has 2 aromatic rings. The van der Waals surface area contributed by atoms with Crippen molar-refractivity contribution in [3.8, 4) is 0 Å². The maximum atomic E-state index is 12.1. The highest BCUT2D eigenvalue weighted by molar-refractivity contribution is 6.39. The number of nitro groups is 1. The molecule has 0 fully saturated rings. The molecule has 0 radical (unpaired) electrons. The van der Waals surface area contributed by atoms with Gasteiger partial charge in [0.1, 0.15) is 11.3 Å². The molecule has 0 saturated carbocycles. The van der Waals surface area contributed by atoms with E-state index in [0.717, 1.165) is 11.1 Å². The largest absolute Gasteiger partial charge is 0.383 e. The Bertz CT molecular complexity index is 927. The van der Waals surface area contributed by atoms with E-state index in [1.807, 2.05) is 12.1 Å². The van der Waals surface area contributed by atoms with E-state index in [0.29, 0.717) is 18.4 Å². The predicted molar refractivity (Wildman–Crippen MR) is 98.1 cm³/mol. The highest BCUT2D eigenvalue weighted by Crippen LogP contribution is 2.36. The van der Waals surface area contributed by atoms with Gasteiger partial charge in [-0.15, -0.1) is 0 Å². The third-order valence-electron chi connectivity index (χ3n) is 4.67. The van der Waals surface area contributed by atoms with Gasteiger partial charge < -0.3 is 15.7 Å². The molecule has 8 heteroatoms. The molecule has 0 aliphatic heterocycles. The smallest absolute Gasteiger partial charge is 0.313 e. The van der Waals surface area contributed by atoms with E-state index >= 15 is 0 Å². The Morgan fingerprint density at radius 1 is 1.22 bits per heavy atom. The van der Waals surface area contributed by atoms with E-state index in [-0.39, 0.29) is 17.9 Å². The first-order valence-corrected chi connectivity index (χ1v) is 8.45. The van der Waals surface area contributed by atoms with Gasteiger partial charge in [-0.25, -0.2) is 0 Å². The lowest BCUT2D eigenvalue weighted by molar-refractivity contribution is -0.384. The minimum absolute atomic E-state index is 0.0596. The standard InChI is InChI=1S/C19H19N3O5/c1-12-6-7-15(16(10-12)22(26)27)21-18(24)17(23)20-11-19(25)9-8-13-4-2-3-5-14(13)19/h2-7,10,25H,8-9,11H2,1H3,(H,20,23)(H,21,24). The highest BCUT2D eigenvalue weighted by atomic mass is 16.6. The summed E-state index contributed by atoms with van der Waals surface area (Å²) in [5, 5.41) is 26.5. The molecule has 1 aliphatic rings. The number of anilines is 1. The lowest BCUT2D eigenvalue weighted by Crippen LogP contribution is -2.43. The molecule has 2 aromatic carbocycles. The molecule has 0 bridgehead atoms. The second-order valence-electron chi connectivity index (χ2n) is 6.60. The lowest BCUT2D eigenvalue weighted by Gasteiger charge is -2.24. The zero-order valence-electron chi connectivity index (χ0n) is 14.7. The summed E-state index contributed by atoms with van der Waals surface area (Å²) in [5.74, 6) is -2.00. The Balaban J connectivity index is 1.66. The summed E-state index contributed by atoms with van der Waals surface area (Å²) in [6, 6.07) is 11.7. The van der Waals surface area contributed by atoms with E-state index in [2.05, 4.69) is 10.6 Å². The maximum Gasteiger partial charge on any atom is 0.313 e.